The Kier molecular flexibility index (Phi) is 4.84. The van der Waals surface area contributed by atoms with Crippen molar-refractivity contribution in [2.24, 2.45) is 0 Å². The zero-order valence-corrected chi connectivity index (χ0v) is 12.3. The van der Waals surface area contributed by atoms with Crippen LogP contribution in [-0.4, -0.2) is 11.4 Å². The fourth-order valence-corrected chi connectivity index (χ4v) is 3.54. The third-order valence-electron chi connectivity index (χ3n) is 3.60. The summed E-state index contributed by atoms with van der Waals surface area (Å²) in [4.78, 5) is 12.7. The molecule has 0 saturated heterocycles. The lowest BCUT2D eigenvalue weighted by Gasteiger charge is -2.29. The lowest BCUT2D eigenvalue weighted by molar-refractivity contribution is 0.0912. The van der Waals surface area contributed by atoms with E-state index in [0.29, 0.717) is 9.90 Å². The van der Waals surface area contributed by atoms with Crippen molar-refractivity contribution < 1.29 is 4.79 Å². The van der Waals surface area contributed by atoms with Crippen LogP contribution in [0.2, 0.25) is 5.02 Å². The van der Waals surface area contributed by atoms with E-state index in [1.807, 2.05) is 0 Å². The van der Waals surface area contributed by atoms with E-state index < -0.39 is 5.54 Å². The Morgan fingerprint density at radius 2 is 1.95 bits per heavy atom. The first-order valence-corrected chi connectivity index (χ1v) is 7.89. The highest BCUT2D eigenvalue weighted by Crippen LogP contribution is 2.28. The zero-order valence-electron chi connectivity index (χ0n) is 10.7. The lowest BCUT2D eigenvalue weighted by atomic mass is 9.85. The van der Waals surface area contributed by atoms with E-state index in [2.05, 4.69) is 11.4 Å². The van der Waals surface area contributed by atoms with Crippen LogP contribution >= 0.6 is 22.9 Å². The minimum absolute atomic E-state index is 0.220. The largest absolute Gasteiger partial charge is 0.333 e. The minimum atomic E-state index is -0.717. The van der Waals surface area contributed by atoms with Crippen molar-refractivity contribution in [2.45, 2.75) is 50.5 Å². The van der Waals surface area contributed by atoms with Crippen LogP contribution in [0.1, 0.15) is 54.6 Å². The highest BCUT2D eigenvalue weighted by molar-refractivity contribution is 7.12. The smallest absolute Gasteiger partial charge is 0.264 e. The average Bonchev–Trinajstić information content (AvgIpc) is 2.79. The fraction of sp³-hybridized carbons (Fsp3) is 0.571. The molecule has 1 aromatic heterocycles. The average molecular weight is 297 g/mol. The van der Waals surface area contributed by atoms with Gasteiger partial charge in [0.15, 0.2) is 0 Å². The summed E-state index contributed by atoms with van der Waals surface area (Å²) in [5, 5.41) is 14.6. The van der Waals surface area contributed by atoms with Crippen LogP contribution in [0.25, 0.3) is 0 Å². The number of amides is 1. The van der Waals surface area contributed by atoms with Crippen molar-refractivity contribution in [2.75, 3.05) is 0 Å². The molecular formula is C14H17ClN2OS. The molecular weight excluding hydrogens is 280 g/mol. The first kappa shape index (κ1) is 14.4. The molecule has 0 atom stereocenters. The molecule has 0 unspecified atom stereocenters. The van der Waals surface area contributed by atoms with Gasteiger partial charge in [-0.15, -0.1) is 11.3 Å². The Morgan fingerprint density at radius 1 is 1.32 bits per heavy atom. The third-order valence-corrected chi connectivity index (χ3v) is 4.94. The number of carbonyl (C=O) groups excluding carboxylic acids is 1. The summed E-state index contributed by atoms with van der Waals surface area (Å²) >= 11 is 7.28. The van der Waals surface area contributed by atoms with Gasteiger partial charge in [0.1, 0.15) is 10.4 Å². The van der Waals surface area contributed by atoms with Crippen LogP contribution in [0.15, 0.2) is 11.4 Å². The van der Waals surface area contributed by atoms with Gasteiger partial charge in [0, 0.05) is 0 Å². The lowest BCUT2D eigenvalue weighted by Crippen LogP contribution is -2.47. The first-order valence-electron chi connectivity index (χ1n) is 6.64. The predicted octanol–water partition coefficient (Wildman–Crippen LogP) is 4.14. The predicted molar refractivity (Wildman–Crippen MR) is 77.5 cm³/mol. The van der Waals surface area contributed by atoms with Gasteiger partial charge in [0.05, 0.1) is 11.1 Å². The van der Waals surface area contributed by atoms with Gasteiger partial charge in [-0.05, 0) is 24.3 Å². The van der Waals surface area contributed by atoms with Gasteiger partial charge in [0.2, 0.25) is 0 Å². The molecule has 0 spiro atoms. The van der Waals surface area contributed by atoms with Crippen LogP contribution in [-0.2, 0) is 0 Å². The molecule has 2 rings (SSSR count). The van der Waals surface area contributed by atoms with Gasteiger partial charge in [0.25, 0.3) is 5.91 Å². The van der Waals surface area contributed by atoms with Gasteiger partial charge in [-0.1, -0.05) is 43.7 Å². The Bertz CT molecular complexity index is 484. The van der Waals surface area contributed by atoms with Crippen LogP contribution in [0.5, 0.6) is 0 Å². The third kappa shape index (κ3) is 3.49. The monoisotopic (exact) mass is 296 g/mol. The molecule has 1 amide bonds. The summed E-state index contributed by atoms with van der Waals surface area (Å²) in [6.45, 7) is 0. The normalized spacial score (nSPS) is 18.9. The Morgan fingerprint density at radius 3 is 2.47 bits per heavy atom. The summed E-state index contributed by atoms with van der Waals surface area (Å²) in [5.74, 6) is -0.220. The maximum absolute atomic E-state index is 12.2. The molecule has 0 radical (unpaired) electrons. The molecule has 1 saturated carbocycles. The molecule has 5 heteroatoms. The van der Waals surface area contributed by atoms with E-state index in [0.717, 1.165) is 38.5 Å². The van der Waals surface area contributed by atoms with Crippen LogP contribution in [0.4, 0.5) is 0 Å². The fourth-order valence-electron chi connectivity index (χ4n) is 2.50. The minimum Gasteiger partial charge on any atom is -0.333 e. The summed E-state index contributed by atoms with van der Waals surface area (Å²) in [5.41, 5.74) is -0.717. The summed E-state index contributed by atoms with van der Waals surface area (Å²) in [6.07, 6.45) is 6.96. The highest BCUT2D eigenvalue weighted by atomic mass is 35.5. The van der Waals surface area contributed by atoms with Crippen LogP contribution < -0.4 is 5.32 Å². The van der Waals surface area contributed by atoms with Crippen molar-refractivity contribution in [3.05, 3.63) is 21.3 Å². The molecule has 1 heterocycles. The second-order valence-corrected chi connectivity index (χ2v) is 6.34. The van der Waals surface area contributed by atoms with Crippen LogP contribution in [0, 0.1) is 11.3 Å². The van der Waals surface area contributed by atoms with Gasteiger partial charge < -0.3 is 5.32 Å². The van der Waals surface area contributed by atoms with Gasteiger partial charge in [-0.2, -0.15) is 5.26 Å². The van der Waals surface area contributed by atoms with Gasteiger partial charge >= 0.3 is 0 Å². The molecule has 1 aromatic rings. The summed E-state index contributed by atoms with van der Waals surface area (Å²) < 4.78 is 0. The van der Waals surface area contributed by atoms with Crippen molar-refractivity contribution in [1.82, 2.24) is 5.32 Å². The highest BCUT2D eigenvalue weighted by Gasteiger charge is 2.32. The number of hydrogen-bond donors (Lipinski definition) is 1. The van der Waals surface area contributed by atoms with E-state index in [9.17, 15) is 10.1 Å². The van der Waals surface area contributed by atoms with E-state index in [1.165, 1.54) is 17.8 Å². The molecule has 1 N–H and O–H groups in total. The van der Waals surface area contributed by atoms with Crippen molar-refractivity contribution in [3.8, 4) is 6.07 Å². The van der Waals surface area contributed by atoms with E-state index in [1.54, 1.807) is 11.4 Å². The standard InChI is InChI=1S/C14H17ClN2OS/c15-11-6-9-19-12(11)13(18)17-14(10-16)7-4-2-1-3-5-8-14/h6,9H,1-5,7-8H2,(H,17,18). The second-order valence-electron chi connectivity index (χ2n) is 5.01. The Hall–Kier alpha value is -1.05. The van der Waals surface area contributed by atoms with Gasteiger partial charge in [-0.3, -0.25) is 4.79 Å². The molecule has 1 aliphatic rings. The molecule has 1 fully saturated rings. The van der Waals surface area contributed by atoms with E-state index >= 15 is 0 Å². The molecule has 0 bridgehead atoms. The van der Waals surface area contributed by atoms with Crippen molar-refractivity contribution in [3.63, 3.8) is 0 Å². The molecule has 19 heavy (non-hydrogen) atoms. The number of nitriles is 1. The first-order chi connectivity index (χ1) is 9.17. The number of nitrogens with zero attached hydrogens (tertiary/aromatic N) is 1. The van der Waals surface area contributed by atoms with Crippen molar-refractivity contribution in [1.29, 1.82) is 5.26 Å². The Balaban J connectivity index is 2.11. The molecule has 1 aliphatic carbocycles. The van der Waals surface area contributed by atoms with E-state index in [-0.39, 0.29) is 5.91 Å². The molecule has 3 nitrogen and oxygen atoms in total. The van der Waals surface area contributed by atoms with Crippen LogP contribution in [0.3, 0.4) is 0 Å². The number of thiophene rings is 1. The molecule has 102 valence electrons. The number of halogens is 1. The summed E-state index contributed by atoms with van der Waals surface area (Å²) in [7, 11) is 0. The topological polar surface area (TPSA) is 52.9 Å². The maximum atomic E-state index is 12.2. The number of rotatable bonds is 2. The van der Waals surface area contributed by atoms with Crippen molar-refractivity contribution >= 4 is 28.8 Å². The molecule has 0 aromatic carbocycles. The van der Waals surface area contributed by atoms with Gasteiger partial charge in [-0.25, -0.2) is 0 Å². The molecule has 0 aliphatic heterocycles. The zero-order chi connectivity index (χ0) is 13.7. The number of nitrogens with one attached hydrogen (secondary N) is 1. The van der Waals surface area contributed by atoms with E-state index in [4.69, 9.17) is 11.6 Å². The quantitative estimate of drug-likeness (QED) is 0.892. The summed E-state index contributed by atoms with van der Waals surface area (Å²) in [6, 6.07) is 4.03. The number of carbonyl (C=O) groups is 1. The SMILES string of the molecule is N#CC1(NC(=O)c2sccc2Cl)CCCCCCC1. The Labute approximate surface area is 122 Å². The second kappa shape index (κ2) is 6.40. The maximum Gasteiger partial charge on any atom is 0.264 e. The number of hydrogen-bond acceptors (Lipinski definition) is 3.